The quantitative estimate of drug-likeness (QED) is 0.703. The molecule has 0 spiro atoms. The number of nitrogens with zero attached hydrogens (tertiary/aromatic N) is 2. The van der Waals surface area contributed by atoms with E-state index < -0.39 is 0 Å². The van der Waals surface area contributed by atoms with Crippen LogP contribution in [0.2, 0.25) is 0 Å². The van der Waals surface area contributed by atoms with Gasteiger partial charge in [0.1, 0.15) is 11.5 Å². The van der Waals surface area contributed by atoms with Crippen molar-refractivity contribution in [2.45, 2.75) is 13.5 Å². The minimum absolute atomic E-state index is 0.0804. The molecule has 7 heteroatoms. The number of methoxy groups -OCH3 is 1. The Balaban J connectivity index is 1.50. The summed E-state index contributed by atoms with van der Waals surface area (Å²) in [6.45, 7) is 2.02. The zero-order chi connectivity index (χ0) is 18.4. The molecule has 0 bridgehead atoms. The third-order valence-corrected chi connectivity index (χ3v) is 3.61. The molecule has 3 rings (SSSR count). The summed E-state index contributed by atoms with van der Waals surface area (Å²) < 4.78 is 15.7. The average molecular weight is 353 g/mol. The summed E-state index contributed by atoms with van der Waals surface area (Å²) in [7, 11) is 1.60. The van der Waals surface area contributed by atoms with E-state index in [2.05, 4.69) is 15.5 Å². The topological polar surface area (TPSA) is 86.5 Å². The first-order valence-corrected chi connectivity index (χ1v) is 8.07. The molecule has 0 unspecified atom stereocenters. The molecular weight excluding hydrogens is 334 g/mol. The number of aryl methyl sites for hydroxylation is 1. The van der Waals surface area contributed by atoms with Gasteiger partial charge in [-0.15, -0.1) is 0 Å². The van der Waals surface area contributed by atoms with Crippen LogP contribution in [0.15, 0.2) is 53.1 Å². The molecule has 134 valence electrons. The Hall–Kier alpha value is -3.35. The van der Waals surface area contributed by atoms with E-state index in [0.29, 0.717) is 17.5 Å². The van der Waals surface area contributed by atoms with Gasteiger partial charge >= 0.3 is 0 Å². The van der Waals surface area contributed by atoms with Crippen LogP contribution < -0.4 is 14.8 Å². The van der Waals surface area contributed by atoms with Crippen LogP contribution in [0.25, 0.3) is 11.4 Å². The van der Waals surface area contributed by atoms with Crippen LogP contribution in [0.3, 0.4) is 0 Å². The molecule has 1 aromatic heterocycles. The Morgan fingerprint density at radius 1 is 1.15 bits per heavy atom. The molecule has 2 aromatic carbocycles. The number of rotatable bonds is 7. The molecule has 0 radical (unpaired) electrons. The van der Waals surface area contributed by atoms with E-state index in [-0.39, 0.29) is 19.1 Å². The van der Waals surface area contributed by atoms with Crippen molar-refractivity contribution in [3.63, 3.8) is 0 Å². The van der Waals surface area contributed by atoms with Crippen LogP contribution in [0.4, 0.5) is 0 Å². The summed E-state index contributed by atoms with van der Waals surface area (Å²) in [6, 6.07) is 14.8. The third-order valence-electron chi connectivity index (χ3n) is 3.61. The zero-order valence-corrected chi connectivity index (χ0v) is 14.6. The van der Waals surface area contributed by atoms with Crippen molar-refractivity contribution in [2.75, 3.05) is 13.7 Å². The molecule has 0 saturated carbocycles. The van der Waals surface area contributed by atoms with Crippen LogP contribution >= 0.6 is 0 Å². The van der Waals surface area contributed by atoms with Crippen LogP contribution in [0.1, 0.15) is 11.5 Å². The van der Waals surface area contributed by atoms with E-state index in [1.807, 2.05) is 49.4 Å². The van der Waals surface area contributed by atoms with Gasteiger partial charge in [-0.3, -0.25) is 4.79 Å². The third kappa shape index (κ3) is 4.60. The molecule has 0 atom stereocenters. The summed E-state index contributed by atoms with van der Waals surface area (Å²) in [6.07, 6.45) is 0. The van der Waals surface area contributed by atoms with Crippen molar-refractivity contribution in [2.24, 2.45) is 0 Å². The Bertz CT molecular complexity index is 875. The normalized spacial score (nSPS) is 10.4. The molecule has 3 aromatic rings. The molecule has 0 fully saturated rings. The van der Waals surface area contributed by atoms with Gasteiger partial charge < -0.3 is 19.3 Å². The Morgan fingerprint density at radius 3 is 2.69 bits per heavy atom. The smallest absolute Gasteiger partial charge is 0.258 e. The fourth-order valence-corrected chi connectivity index (χ4v) is 2.26. The second-order valence-corrected chi connectivity index (χ2v) is 5.62. The number of nitrogens with one attached hydrogen (secondary N) is 1. The number of hydrogen-bond donors (Lipinski definition) is 1. The lowest BCUT2D eigenvalue weighted by Gasteiger charge is -2.06. The Labute approximate surface area is 150 Å². The molecule has 1 amide bonds. The molecule has 0 aliphatic rings. The fraction of sp³-hybridized carbons (Fsp3) is 0.211. The van der Waals surface area contributed by atoms with Gasteiger partial charge in [0.05, 0.1) is 13.7 Å². The van der Waals surface area contributed by atoms with Gasteiger partial charge in [0.15, 0.2) is 6.61 Å². The maximum Gasteiger partial charge on any atom is 0.258 e. The molecule has 7 nitrogen and oxygen atoms in total. The van der Waals surface area contributed by atoms with Crippen molar-refractivity contribution >= 4 is 5.91 Å². The van der Waals surface area contributed by atoms with E-state index in [1.165, 1.54) is 0 Å². The highest BCUT2D eigenvalue weighted by atomic mass is 16.5. The number of amides is 1. The van der Waals surface area contributed by atoms with Gasteiger partial charge in [-0.05, 0) is 48.9 Å². The Kier molecular flexibility index (Phi) is 5.48. The molecule has 26 heavy (non-hydrogen) atoms. The largest absolute Gasteiger partial charge is 0.497 e. The summed E-state index contributed by atoms with van der Waals surface area (Å²) in [5.74, 6) is 1.90. The summed E-state index contributed by atoms with van der Waals surface area (Å²) >= 11 is 0. The lowest BCUT2D eigenvalue weighted by atomic mass is 10.2. The summed E-state index contributed by atoms with van der Waals surface area (Å²) in [5, 5.41) is 6.60. The fourth-order valence-electron chi connectivity index (χ4n) is 2.26. The second kappa shape index (κ2) is 8.15. The van der Waals surface area contributed by atoms with Crippen LogP contribution in [-0.4, -0.2) is 29.8 Å². The van der Waals surface area contributed by atoms with Crippen molar-refractivity contribution in [3.05, 3.63) is 60.0 Å². The number of ether oxygens (including phenoxy) is 2. The molecule has 1 heterocycles. The highest BCUT2D eigenvalue weighted by Gasteiger charge is 2.10. The van der Waals surface area contributed by atoms with E-state index >= 15 is 0 Å². The standard InChI is InChI=1S/C19H19N3O4/c1-13-4-3-5-16(10-13)25-12-17(23)20-11-18-21-19(22-26-18)14-6-8-15(24-2)9-7-14/h3-10H,11-12H2,1-2H3,(H,20,23). The van der Waals surface area contributed by atoms with Gasteiger partial charge in [-0.1, -0.05) is 17.3 Å². The number of benzene rings is 2. The molecule has 0 aliphatic heterocycles. The van der Waals surface area contributed by atoms with E-state index in [9.17, 15) is 4.79 Å². The minimum atomic E-state index is -0.268. The maximum absolute atomic E-state index is 11.9. The van der Waals surface area contributed by atoms with Gasteiger partial charge in [0, 0.05) is 5.56 Å². The molecule has 1 N–H and O–H groups in total. The van der Waals surface area contributed by atoms with Crippen LogP contribution in [0, 0.1) is 6.92 Å². The highest BCUT2D eigenvalue weighted by Crippen LogP contribution is 2.19. The molecule has 0 saturated heterocycles. The predicted molar refractivity (Wildman–Crippen MR) is 94.8 cm³/mol. The summed E-state index contributed by atoms with van der Waals surface area (Å²) in [5.41, 5.74) is 1.87. The average Bonchev–Trinajstić information content (AvgIpc) is 3.14. The van der Waals surface area contributed by atoms with Gasteiger partial charge in [0.25, 0.3) is 5.91 Å². The lowest BCUT2D eigenvalue weighted by molar-refractivity contribution is -0.123. The van der Waals surface area contributed by atoms with Gasteiger partial charge in [0.2, 0.25) is 11.7 Å². The van der Waals surface area contributed by atoms with Crippen molar-refractivity contribution in [1.29, 1.82) is 0 Å². The van der Waals surface area contributed by atoms with Crippen molar-refractivity contribution in [1.82, 2.24) is 15.5 Å². The van der Waals surface area contributed by atoms with Gasteiger partial charge in [-0.2, -0.15) is 4.98 Å². The molecular formula is C19H19N3O4. The van der Waals surface area contributed by atoms with E-state index in [1.54, 1.807) is 13.2 Å². The first-order chi connectivity index (χ1) is 12.6. The SMILES string of the molecule is COc1ccc(-c2noc(CNC(=O)COc3cccc(C)c3)n2)cc1. The van der Waals surface area contributed by atoms with Crippen molar-refractivity contribution in [3.8, 4) is 22.9 Å². The summed E-state index contributed by atoms with van der Waals surface area (Å²) in [4.78, 5) is 16.1. The van der Waals surface area contributed by atoms with Crippen LogP contribution in [0.5, 0.6) is 11.5 Å². The highest BCUT2D eigenvalue weighted by molar-refractivity contribution is 5.77. The first-order valence-electron chi connectivity index (χ1n) is 8.07. The lowest BCUT2D eigenvalue weighted by Crippen LogP contribution is -2.28. The first kappa shape index (κ1) is 17.5. The number of aromatic nitrogens is 2. The van der Waals surface area contributed by atoms with E-state index in [4.69, 9.17) is 14.0 Å². The monoisotopic (exact) mass is 353 g/mol. The zero-order valence-electron chi connectivity index (χ0n) is 14.6. The predicted octanol–water partition coefficient (Wildman–Crippen LogP) is 2.75. The number of hydrogen-bond acceptors (Lipinski definition) is 6. The Morgan fingerprint density at radius 2 is 1.96 bits per heavy atom. The molecule has 0 aliphatic carbocycles. The van der Waals surface area contributed by atoms with Crippen LogP contribution in [-0.2, 0) is 11.3 Å². The van der Waals surface area contributed by atoms with E-state index in [0.717, 1.165) is 16.9 Å². The number of carbonyl (C=O) groups excluding carboxylic acids is 1. The maximum atomic E-state index is 11.9. The number of carbonyl (C=O) groups is 1. The second-order valence-electron chi connectivity index (χ2n) is 5.62. The van der Waals surface area contributed by atoms with Gasteiger partial charge in [-0.25, -0.2) is 0 Å². The van der Waals surface area contributed by atoms with Crippen molar-refractivity contribution < 1.29 is 18.8 Å². The minimum Gasteiger partial charge on any atom is -0.497 e.